The van der Waals surface area contributed by atoms with Crippen molar-refractivity contribution in [3.63, 3.8) is 0 Å². The van der Waals surface area contributed by atoms with E-state index in [2.05, 4.69) is 10.2 Å². The van der Waals surface area contributed by atoms with E-state index in [-0.39, 0.29) is 6.04 Å². The zero-order valence-corrected chi connectivity index (χ0v) is 10.4. The van der Waals surface area contributed by atoms with Crippen molar-refractivity contribution < 1.29 is 9.90 Å². The average Bonchev–Trinajstić information content (AvgIpc) is 2.27. The van der Waals surface area contributed by atoms with Crippen LogP contribution in [0.15, 0.2) is 0 Å². The van der Waals surface area contributed by atoms with Crippen molar-refractivity contribution in [3.8, 4) is 0 Å². The number of hydrogen-bond acceptors (Lipinski definition) is 3. The first-order valence-corrected chi connectivity index (χ1v) is 6.33. The summed E-state index contributed by atoms with van der Waals surface area (Å²) in [5.74, 6) is -0.662. The van der Waals surface area contributed by atoms with Gasteiger partial charge in [-0.25, -0.2) is 0 Å². The lowest BCUT2D eigenvalue weighted by atomic mass is 9.98. The third-order valence-electron chi connectivity index (χ3n) is 3.36. The molecule has 1 aliphatic heterocycles. The van der Waals surface area contributed by atoms with E-state index in [0.29, 0.717) is 6.04 Å². The van der Waals surface area contributed by atoms with Crippen LogP contribution in [-0.4, -0.2) is 48.2 Å². The fourth-order valence-electron chi connectivity index (χ4n) is 2.59. The van der Waals surface area contributed by atoms with Gasteiger partial charge in [0.1, 0.15) is 6.04 Å². The number of carboxylic acids is 1. The lowest BCUT2D eigenvalue weighted by molar-refractivity contribution is -0.145. The Hall–Kier alpha value is -0.610. The monoisotopic (exact) mass is 228 g/mol. The van der Waals surface area contributed by atoms with Crippen molar-refractivity contribution in [1.29, 1.82) is 0 Å². The molecule has 1 saturated heterocycles. The highest BCUT2D eigenvalue weighted by Crippen LogP contribution is 2.21. The van der Waals surface area contributed by atoms with Gasteiger partial charge in [0.05, 0.1) is 0 Å². The molecule has 0 spiro atoms. The fraction of sp³-hybridized carbons (Fsp3) is 0.917. The van der Waals surface area contributed by atoms with Gasteiger partial charge in [0.25, 0.3) is 0 Å². The zero-order chi connectivity index (χ0) is 12.0. The first-order chi connectivity index (χ1) is 7.70. The Bertz CT molecular complexity index is 219. The third-order valence-corrected chi connectivity index (χ3v) is 3.36. The lowest BCUT2D eigenvalue weighted by Crippen LogP contribution is -2.52. The maximum Gasteiger partial charge on any atom is 0.320 e. The average molecular weight is 228 g/mol. The van der Waals surface area contributed by atoms with Gasteiger partial charge in [-0.05, 0) is 32.9 Å². The standard InChI is InChI=1S/C12H24N2O2/c1-3-6-11(12(15)16)14-8-5-4-7-10(14)9-13-2/h10-11,13H,3-9H2,1-2H3,(H,15,16). The van der Waals surface area contributed by atoms with Gasteiger partial charge in [0, 0.05) is 12.6 Å². The number of carboxylic acid groups (broad SMARTS) is 1. The second-order valence-corrected chi connectivity index (χ2v) is 4.59. The van der Waals surface area contributed by atoms with Gasteiger partial charge in [0.2, 0.25) is 0 Å². The highest BCUT2D eigenvalue weighted by molar-refractivity contribution is 5.73. The summed E-state index contributed by atoms with van der Waals surface area (Å²) in [5, 5.41) is 12.4. The molecule has 0 bridgehead atoms. The van der Waals surface area contributed by atoms with Crippen molar-refractivity contribution in [1.82, 2.24) is 10.2 Å². The Morgan fingerprint density at radius 3 is 2.88 bits per heavy atom. The normalized spacial score (nSPS) is 24.2. The van der Waals surface area contributed by atoms with E-state index < -0.39 is 5.97 Å². The molecule has 1 heterocycles. The summed E-state index contributed by atoms with van der Waals surface area (Å²) in [5.41, 5.74) is 0. The second kappa shape index (κ2) is 6.86. The van der Waals surface area contributed by atoms with Crippen molar-refractivity contribution in [3.05, 3.63) is 0 Å². The van der Waals surface area contributed by atoms with E-state index in [9.17, 15) is 9.90 Å². The molecule has 0 aliphatic carbocycles. The number of likely N-dealkylation sites (N-methyl/N-ethyl adjacent to an activating group) is 1. The van der Waals surface area contributed by atoms with Crippen LogP contribution in [0.25, 0.3) is 0 Å². The number of likely N-dealkylation sites (tertiary alicyclic amines) is 1. The van der Waals surface area contributed by atoms with E-state index >= 15 is 0 Å². The maximum absolute atomic E-state index is 11.3. The third kappa shape index (κ3) is 3.46. The van der Waals surface area contributed by atoms with Gasteiger partial charge >= 0.3 is 5.97 Å². The fourth-order valence-corrected chi connectivity index (χ4v) is 2.59. The molecule has 1 fully saturated rings. The SMILES string of the molecule is CCCC(C(=O)O)N1CCCCC1CNC. The molecule has 2 unspecified atom stereocenters. The predicted molar refractivity (Wildman–Crippen MR) is 64.6 cm³/mol. The van der Waals surface area contributed by atoms with Gasteiger partial charge in [-0.2, -0.15) is 0 Å². The van der Waals surface area contributed by atoms with Crippen molar-refractivity contribution >= 4 is 5.97 Å². The van der Waals surface area contributed by atoms with Crippen molar-refractivity contribution in [2.24, 2.45) is 0 Å². The molecule has 2 atom stereocenters. The van der Waals surface area contributed by atoms with E-state index in [1.807, 2.05) is 14.0 Å². The van der Waals surface area contributed by atoms with Gasteiger partial charge < -0.3 is 10.4 Å². The molecule has 4 heteroatoms. The van der Waals surface area contributed by atoms with Crippen LogP contribution in [-0.2, 0) is 4.79 Å². The van der Waals surface area contributed by atoms with Crippen LogP contribution in [0.5, 0.6) is 0 Å². The minimum atomic E-state index is -0.662. The van der Waals surface area contributed by atoms with Gasteiger partial charge in [-0.15, -0.1) is 0 Å². The van der Waals surface area contributed by atoms with Gasteiger partial charge in [0.15, 0.2) is 0 Å². The summed E-state index contributed by atoms with van der Waals surface area (Å²) in [6.45, 7) is 3.88. The Morgan fingerprint density at radius 1 is 1.56 bits per heavy atom. The number of nitrogens with one attached hydrogen (secondary N) is 1. The Morgan fingerprint density at radius 2 is 2.31 bits per heavy atom. The van der Waals surface area contributed by atoms with E-state index in [4.69, 9.17) is 0 Å². The summed E-state index contributed by atoms with van der Waals surface area (Å²) in [6, 6.07) is 0.107. The number of rotatable bonds is 6. The molecular weight excluding hydrogens is 204 g/mol. The molecule has 0 aromatic rings. The summed E-state index contributed by atoms with van der Waals surface area (Å²) in [6.07, 6.45) is 5.17. The number of piperidine rings is 1. The van der Waals surface area contributed by atoms with Crippen LogP contribution in [0.2, 0.25) is 0 Å². The second-order valence-electron chi connectivity index (χ2n) is 4.59. The summed E-state index contributed by atoms with van der Waals surface area (Å²) in [4.78, 5) is 13.5. The van der Waals surface area contributed by atoms with Gasteiger partial charge in [-0.1, -0.05) is 19.8 Å². The topological polar surface area (TPSA) is 52.6 Å². The van der Waals surface area contributed by atoms with Crippen molar-refractivity contribution in [2.45, 2.75) is 51.1 Å². The molecule has 0 radical (unpaired) electrons. The minimum Gasteiger partial charge on any atom is -0.480 e. The number of hydrogen-bond donors (Lipinski definition) is 2. The largest absolute Gasteiger partial charge is 0.480 e. The van der Waals surface area contributed by atoms with E-state index in [0.717, 1.165) is 38.8 Å². The smallest absolute Gasteiger partial charge is 0.320 e. The Balaban J connectivity index is 2.66. The quantitative estimate of drug-likeness (QED) is 0.720. The van der Waals surface area contributed by atoms with E-state index in [1.54, 1.807) is 0 Å². The van der Waals surface area contributed by atoms with Crippen LogP contribution in [0, 0.1) is 0 Å². The molecule has 0 aromatic carbocycles. The Kier molecular flexibility index (Phi) is 5.77. The Labute approximate surface area is 98.0 Å². The van der Waals surface area contributed by atoms with Crippen LogP contribution in [0.1, 0.15) is 39.0 Å². The lowest BCUT2D eigenvalue weighted by Gasteiger charge is -2.39. The summed E-state index contributed by atoms with van der Waals surface area (Å²) < 4.78 is 0. The van der Waals surface area contributed by atoms with Crippen LogP contribution in [0.3, 0.4) is 0 Å². The minimum absolute atomic E-state index is 0.288. The first-order valence-electron chi connectivity index (χ1n) is 6.33. The highest BCUT2D eigenvalue weighted by Gasteiger charge is 2.31. The highest BCUT2D eigenvalue weighted by atomic mass is 16.4. The molecule has 0 saturated carbocycles. The molecule has 1 rings (SSSR count). The molecule has 94 valence electrons. The number of carbonyl (C=O) groups is 1. The molecular formula is C12H24N2O2. The zero-order valence-electron chi connectivity index (χ0n) is 10.4. The first kappa shape index (κ1) is 13.5. The number of nitrogens with zero attached hydrogens (tertiary/aromatic N) is 1. The molecule has 2 N–H and O–H groups in total. The molecule has 16 heavy (non-hydrogen) atoms. The predicted octanol–water partition coefficient (Wildman–Crippen LogP) is 1.31. The van der Waals surface area contributed by atoms with Crippen LogP contribution < -0.4 is 5.32 Å². The van der Waals surface area contributed by atoms with Crippen LogP contribution in [0.4, 0.5) is 0 Å². The summed E-state index contributed by atoms with van der Waals surface area (Å²) >= 11 is 0. The van der Waals surface area contributed by atoms with Crippen molar-refractivity contribution in [2.75, 3.05) is 20.1 Å². The molecule has 1 aliphatic rings. The molecule has 0 amide bonds. The molecule has 4 nitrogen and oxygen atoms in total. The summed E-state index contributed by atoms with van der Waals surface area (Å²) in [7, 11) is 1.93. The number of aliphatic carboxylic acids is 1. The van der Waals surface area contributed by atoms with E-state index in [1.165, 1.54) is 6.42 Å². The van der Waals surface area contributed by atoms with Gasteiger partial charge in [-0.3, -0.25) is 9.69 Å². The maximum atomic E-state index is 11.3. The molecule has 0 aromatic heterocycles. The van der Waals surface area contributed by atoms with Crippen LogP contribution >= 0.6 is 0 Å².